The second-order valence-electron chi connectivity index (χ2n) is 8.31. The van der Waals surface area contributed by atoms with Crippen molar-refractivity contribution in [1.29, 1.82) is 0 Å². The van der Waals surface area contributed by atoms with E-state index in [0.717, 1.165) is 35.7 Å². The third kappa shape index (κ3) is 6.60. The van der Waals surface area contributed by atoms with Crippen LogP contribution in [0.25, 0.3) is 0 Å². The molecule has 3 aromatic carbocycles. The summed E-state index contributed by atoms with van der Waals surface area (Å²) in [5, 5.41) is 0. The number of ether oxygens (including phenoxy) is 3. The molecular weight excluding hydrogens is 384 g/mol. The van der Waals surface area contributed by atoms with Crippen LogP contribution in [0.1, 0.15) is 57.8 Å². The molecule has 0 amide bonds. The van der Waals surface area contributed by atoms with Gasteiger partial charge in [-0.15, -0.1) is 0 Å². The summed E-state index contributed by atoms with van der Waals surface area (Å²) in [4.78, 5) is 0. The standard InChI is InChI=1S/C28H34O3/c1-5-29-24-17-15-23(16-18-24)28(3,4)20-19-27(30-6-2)22-11-10-14-26(21-22)31-25-12-8-7-9-13-25/h7-18,21,27H,5-6,19-20H2,1-4H3. The van der Waals surface area contributed by atoms with E-state index in [-0.39, 0.29) is 11.5 Å². The summed E-state index contributed by atoms with van der Waals surface area (Å²) >= 11 is 0. The van der Waals surface area contributed by atoms with Crippen LogP contribution in [-0.2, 0) is 10.2 Å². The molecule has 0 spiro atoms. The molecule has 3 aromatic rings. The van der Waals surface area contributed by atoms with E-state index in [4.69, 9.17) is 14.2 Å². The van der Waals surface area contributed by atoms with Gasteiger partial charge in [0.05, 0.1) is 12.7 Å². The molecule has 164 valence electrons. The quantitative estimate of drug-likeness (QED) is 0.319. The van der Waals surface area contributed by atoms with Crippen molar-refractivity contribution in [3.63, 3.8) is 0 Å². The normalized spacial score (nSPS) is 12.4. The van der Waals surface area contributed by atoms with Gasteiger partial charge in [0.1, 0.15) is 17.2 Å². The van der Waals surface area contributed by atoms with E-state index in [1.807, 2.05) is 49.4 Å². The van der Waals surface area contributed by atoms with Crippen molar-refractivity contribution in [2.75, 3.05) is 13.2 Å². The average molecular weight is 419 g/mol. The molecule has 0 aliphatic rings. The van der Waals surface area contributed by atoms with Gasteiger partial charge < -0.3 is 14.2 Å². The van der Waals surface area contributed by atoms with Crippen molar-refractivity contribution >= 4 is 0 Å². The van der Waals surface area contributed by atoms with Crippen LogP contribution in [0, 0.1) is 0 Å². The van der Waals surface area contributed by atoms with Gasteiger partial charge in [0, 0.05) is 6.61 Å². The van der Waals surface area contributed by atoms with Gasteiger partial charge in [0.15, 0.2) is 0 Å². The highest BCUT2D eigenvalue weighted by atomic mass is 16.5. The summed E-state index contributed by atoms with van der Waals surface area (Å²) in [6.07, 6.45) is 1.98. The first-order valence-electron chi connectivity index (χ1n) is 11.2. The van der Waals surface area contributed by atoms with E-state index in [2.05, 4.69) is 57.2 Å². The molecule has 0 aliphatic heterocycles. The number of hydrogen-bond donors (Lipinski definition) is 0. The first kappa shape index (κ1) is 22.9. The van der Waals surface area contributed by atoms with Crippen molar-refractivity contribution in [1.82, 2.24) is 0 Å². The predicted octanol–water partition coefficient (Wildman–Crippen LogP) is 7.71. The second-order valence-corrected chi connectivity index (χ2v) is 8.31. The summed E-state index contributed by atoms with van der Waals surface area (Å²) in [5.74, 6) is 2.59. The molecule has 0 bridgehead atoms. The van der Waals surface area contributed by atoms with Crippen LogP contribution in [0.15, 0.2) is 78.9 Å². The highest BCUT2D eigenvalue weighted by Crippen LogP contribution is 2.35. The predicted molar refractivity (Wildman–Crippen MR) is 127 cm³/mol. The van der Waals surface area contributed by atoms with Crippen LogP contribution in [0.4, 0.5) is 0 Å². The lowest BCUT2D eigenvalue weighted by molar-refractivity contribution is 0.0506. The monoisotopic (exact) mass is 418 g/mol. The molecule has 3 rings (SSSR count). The molecule has 0 fully saturated rings. The third-order valence-electron chi connectivity index (χ3n) is 5.55. The zero-order valence-electron chi connectivity index (χ0n) is 19.1. The Balaban J connectivity index is 1.69. The minimum absolute atomic E-state index is 0.0336. The minimum Gasteiger partial charge on any atom is -0.494 e. The molecule has 0 N–H and O–H groups in total. The van der Waals surface area contributed by atoms with Gasteiger partial charge in [0.25, 0.3) is 0 Å². The van der Waals surface area contributed by atoms with E-state index >= 15 is 0 Å². The Morgan fingerprint density at radius 2 is 1.45 bits per heavy atom. The van der Waals surface area contributed by atoms with E-state index in [9.17, 15) is 0 Å². The lowest BCUT2D eigenvalue weighted by Gasteiger charge is -2.28. The van der Waals surface area contributed by atoms with Gasteiger partial charge in [-0.1, -0.05) is 56.3 Å². The topological polar surface area (TPSA) is 27.7 Å². The Kier molecular flexibility index (Phi) is 8.13. The molecule has 1 unspecified atom stereocenters. The Bertz CT molecular complexity index is 917. The molecule has 0 aliphatic carbocycles. The second kappa shape index (κ2) is 11.0. The molecule has 3 heteroatoms. The Labute approximate surface area is 187 Å². The van der Waals surface area contributed by atoms with Gasteiger partial charge in [-0.3, -0.25) is 0 Å². The number of benzene rings is 3. The van der Waals surface area contributed by atoms with Crippen molar-refractivity contribution in [3.05, 3.63) is 90.0 Å². The SMILES string of the molecule is CCOc1ccc(C(C)(C)CCC(OCC)c2cccc(Oc3ccccc3)c2)cc1. The lowest BCUT2D eigenvalue weighted by Crippen LogP contribution is -2.19. The van der Waals surface area contributed by atoms with Crippen LogP contribution in [0.2, 0.25) is 0 Å². The molecular formula is C28H34O3. The maximum atomic E-state index is 6.14. The van der Waals surface area contributed by atoms with Gasteiger partial charge >= 0.3 is 0 Å². The molecule has 0 heterocycles. The Morgan fingerprint density at radius 1 is 0.742 bits per heavy atom. The van der Waals surface area contributed by atoms with Crippen LogP contribution < -0.4 is 9.47 Å². The summed E-state index contributed by atoms with van der Waals surface area (Å²) in [6.45, 7) is 10.0. The molecule has 0 radical (unpaired) electrons. The van der Waals surface area contributed by atoms with Gasteiger partial charge in [-0.2, -0.15) is 0 Å². The van der Waals surface area contributed by atoms with Crippen molar-refractivity contribution in [2.45, 2.75) is 52.1 Å². The van der Waals surface area contributed by atoms with Crippen LogP contribution in [0.3, 0.4) is 0 Å². The fourth-order valence-corrected chi connectivity index (χ4v) is 3.76. The smallest absolute Gasteiger partial charge is 0.127 e. The average Bonchev–Trinajstić information content (AvgIpc) is 2.78. The highest BCUT2D eigenvalue weighted by Gasteiger charge is 2.23. The van der Waals surface area contributed by atoms with Crippen molar-refractivity contribution < 1.29 is 14.2 Å². The summed E-state index contributed by atoms with van der Waals surface area (Å²) in [7, 11) is 0. The Morgan fingerprint density at radius 3 is 2.13 bits per heavy atom. The van der Waals surface area contributed by atoms with E-state index < -0.39 is 0 Å². The molecule has 31 heavy (non-hydrogen) atoms. The van der Waals surface area contributed by atoms with Gasteiger partial charge in [0.2, 0.25) is 0 Å². The zero-order chi connectivity index (χ0) is 22.1. The molecule has 1 atom stereocenters. The number of hydrogen-bond acceptors (Lipinski definition) is 3. The van der Waals surface area contributed by atoms with Crippen molar-refractivity contribution in [3.8, 4) is 17.2 Å². The highest BCUT2D eigenvalue weighted by molar-refractivity contribution is 5.35. The van der Waals surface area contributed by atoms with E-state index in [0.29, 0.717) is 13.2 Å². The summed E-state index contributed by atoms with van der Waals surface area (Å²) in [6, 6.07) is 26.6. The fraction of sp³-hybridized carbons (Fsp3) is 0.357. The van der Waals surface area contributed by atoms with Crippen LogP contribution in [-0.4, -0.2) is 13.2 Å². The first-order chi connectivity index (χ1) is 15.0. The van der Waals surface area contributed by atoms with E-state index in [1.165, 1.54) is 5.56 Å². The first-order valence-corrected chi connectivity index (χ1v) is 11.2. The summed E-state index contributed by atoms with van der Waals surface area (Å²) < 4.78 is 17.7. The van der Waals surface area contributed by atoms with Gasteiger partial charge in [-0.05, 0) is 79.6 Å². The summed E-state index contributed by atoms with van der Waals surface area (Å²) in [5.41, 5.74) is 2.50. The zero-order valence-corrected chi connectivity index (χ0v) is 19.1. The Hall–Kier alpha value is -2.78. The molecule has 0 saturated carbocycles. The number of para-hydroxylation sites is 1. The number of rotatable bonds is 11. The molecule has 3 nitrogen and oxygen atoms in total. The lowest BCUT2D eigenvalue weighted by atomic mass is 9.79. The molecule has 0 saturated heterocycles. The third-order valence-corrected chi connectivity index (χ3v) is 5.55. The van der Waals surface area contributed by atoms with Gasteiger partial charge in [-0.25, -0.2) is 0 Å². The van der Waals surface area contributed by atoms with Crippen LogP contribution in [0.5, 0.6) is 17.2 Å². The van der Waals surface area contributed by atoms with E-state index in [1.54, 1.807) is 0 Å². The van der Waals surface area contributed by atoms with Crippen LogP contribution >= 0.6 is 0 Å². The fourth-order valence-electron chi connectivity index (χ4n) is 3.76. The maximum absolute atomic E-state index is 6.14. The largest absolute Gasteiger partial charge is 0.494 e. The maximum Gasteiger partial charge on any atom is 0.127 e. The van der Waals surface area contributed by atoms with Crippen molar-refractivity contribution in [2.24, 2.45) is 0 Å². The minimum atomic E-state index is 0.0336. The molecule has 0 aromatic heterocycles.